The van der Waals surface area contributed by atoms with Crippen LogP contribution < -0.4 is 55.2 Å². The van der Waals surface area contributed by atoms with Crippen LogP contribution in [-0.4, -0.2) is 57.2 Å². The van der Waals surface area contributed by atoms with Crippen molar-refractivity contribution in [2.24, 2.45) is 0 Å². The second-order valence-electron chi connectivity index (χ2n) is 4.83. The first-order valence-corrected chi connectivity index (χ1v) is 6.23. The normalized spacial score (nSPS) is 9.10. The number of carbonyl (C=O) groups is 6. The fraction of sp³-hybridized carbons (Fsp3) is 0.500. The van der Waals surface area contributed by atoms with E-state index in [4.69, 9.17) is 10.2 Å². The van der Waals surface area contributed by atoms with Gasteiger partial charge in [0.2, 0.25) is 0 Å². The molecule has 19 heteroatoms. The standard InChI is InChI=1S/2C6H8O7.4H3N.Zn/c2*7-3(8)1-6(13,5(11)12)2-4(9)10;;;;;/h2*13H,1-2H2,(H,7,8)(H,9,10)(H,11,12);4*1H3;/q;;;;;;+2/p-2. The summed E-state index contributed by atoms with van der Waals surface area (Å²) in [4.78, 5) is 60.0. The SMILES string of the molecule is O=C([O-])CC(O)(CC(=O)[O-])C(=O)[O-].O=C([O-])CC(O)(CC(=O)[O-])C(=O)[O-].[NH4+].[NH4+].[NH4+].[NH4+].[Zn+2]. The fourth-order valence-electron chi connectivity index (χ4n) is 1.37. The molecule has 0 aromatic rings. The van der Waals surface area contributed by atoms with Crippen molar-refractivity contribution in [3.8, 4) is 0 Å². The molecule has 0 radical (unpaired) electrons. The number of hydrogen-bond donors (Lipinski definition) is 6. The average Bonchev–Trinajstić information content (AvgIpc) is 2.34. The molecule has 0 amide bonds. The molecule has 0 aliphatic heterocycles. The molecule has 0 aromatic carbocycles. The molecule has 0 aliphatic carbocycles. The molecule has 0 heterocycles. The fourth-order valence-corrected chi connectivity index (χ4v) is 1.37. The number of carboxylic acid groups (broad SMARTS) is 6. The Morgan fingerprint density at radius 3 is 0.677 bits per heavy atom. The van der Waals surface area contributed by atoms with Gasteiger partial charge in [0.05, 0.1) is 11.9 Å². The van der Waals surface area contributed by atoms with Crippen LogP contribution in [0.1, 0.15) is 25.7 Å². The van der Waals surface area contributed by atoms with Crippen LogP contribution in [-0.2, 0) is 48.2 Å². The van der Waals surface area contributed by atoms with Crippen LogP contribution >= 0.6 is 0 Å². The maximum Gasteiger partial charge on any atom is 2.00 e. The minimum atomic E-state index is -2.97. The summed E-state index contributed by atoms with van der Waals surface area (Å²) in [6.45, 7) is 0. The molecule has 0 saturated carbocycles. The van der Waals surface area contributed by atoms with Crippen molar-refractivity contribution >= 4 is 35.8 Å². The Balaban J connectivity index is -0.0000000640. The van der Waals surface area contributed by atoms with Gasteiger partial charge >= 0.3 is 19.5 Å². The van der Waals surface area contributed by atoms with E-state index in [2.05, 4.69) is 0 Å². The molecule has 180 valence electrons. The van der Waals surface area contributed by atoms with Crippen molar-refractivity contribution in [1.82, 2.24) is 24.6 Å². The summed E-state index contributed by atoms with van der Waals surface area (Å²) >= 11 is 0. The van der Waals surface area contributed by atoms with E-state index in [1.54, 1.807) is 0 Å². The Kier molecular flexibility index (Phi) is 28.7. The van der Waals surface area contributed by atoms with Crippen LogP contribution in [0.25, 0.3) is 0 Å². The van der Waals surface area contributed by atoms with Crippen LogP contribution in [0.4, 0.5) is 0 Å². The van der Waals surface area contributed by atoms with Crippen molar-refractivity contribution < 1.29 is 89.1 Å². The van der Waals surface area contributed by atoms with E-state index in [-0.39, 0.29) is 44.1 Å². The van der Waals surface area contributed by atoms with Crippen LogP contribution in [0.2, 0.25) is 0 Å². The number of aliphatic hydroxyl groups is 2. The second kappa shape index (κ2) is 19.2. The molecule has 18 nitrogen and oxygen atoms in total. The Hall–Kier alpha value is -2.80. The maximum absolute atomic E-state index is 10.1. The van der Waals surface area contributed by atoms with E-state index in [1.807, 2.05) is 0 Å². The molecule has 0 fully saturated rings. The van der Waals surface area contributed by atoms with E-state index in [0.717, 1.165) is 0 Å². The molecule has 0 aromatic heterocycles. The number of quaternary nitrogens is 4. The summed E-state index contributed by atoms with van der Waals surface area (Å²) in [5.74, 6) is -12.0. The third kappa shape index (κ3) is 20.3. The smallest absolute Gasteiger partial charge is 0.550 e. The zero-order valence-corrected chi connectivity index (χ0v) is 20.3. The largest absolute Gasteiger partial charge is 2.00 e. The Labute approximate surface area is 187 Å². The molecule has 0 rings (SSSR count). The van der Waals surface area contributed by atoms with Gasteiger partial charge in [-0.1, -0.05) is 0 Å². The van der Waals surface area contributed by atoms with Crippen molar-refractivity contribution in [1.29, 1.82) is 0 Å². The van der Waals surface area contributed by atoms with Crippen molar-refractivity contribution in [2.75, 3.05) is 0 Å². The quantitative estimate of drug-likeness (QED) is 0.147. The van der Waals surface area contributed by atoms with Gasteiger partial charge in [0.25, 0.3) is 0 Å². The Morgan fingerprint density at radius 2 is 0.613 bits per heavy atom. The first-order chi connectivity index (χ1) is 11.6. The van der Waals surface area contributed by atoms with E-state index in [0.29, 0.717) is 0 Å². The minimum absolute atomic E-state index is 0. The molecular formula is C12H26N4O14Zn. The molecule has 31 heavy (non-hydrogen) atoms. The van der Waals surface area contributed by atoms with Gasteiger partial charge < -0.3 is 94.2 Å². The predicted octanol–water partition coefficient (Wildman–Crippen LogP) is -9.00. The summed E-state index contributed by atoms with van der Waals surface area (Å²) in [5, 5.41) is 77.9. The van der Waals surface area contributed by atoms with Crippen molar-refractivity contribution in [3.05, 3.63) is 0 Å². The number of aliphatic carboxylic acids is 6. The zero-order valence-electron chi connectivity index (χ0n) is 17.3. The number of rotatable bonds is 10. The number of carbonyl (C=O) groups excluding carboxylic acids is 6. The summed E-state index contributed by atoms with van der Waals surface area (Å²) in [6, 6.07) is 0. The molecule has 0 aliphatic rings. The number of carboxylic acids is 6. The van der Waals surface area contributed by atoms with E-state index in [9.17, 15) is 59.4 Å². The molecule has 0 unspecified atom stereocenters. The van der Waals surface area contributed by atoms with Crippen LogP contribution in [0, 0.1) is 0 Å². The van der Waals surface area contributed by atoms with Gasteiger partial charge in [-0.3, -0.25) is 0 Å². The Morgan fingerprint density at radius 1 is 0.484 bits per heavy atom. The third-order valence-electron chi connectivity index (χ3n) is 2.51. The van der Waals surface area contributed by atoms with Crippen LogP contribution in [0.15, 0.2) is 0 Å². The van der Waals surface area contributed by atoms with E-state index in [1.165, 1.54) is 0 Å². The maximum atomic E-state index is 10.1. The van der Waals surface area contributed by atoms with Crippen LogP contribution in [0.3, 0.4) is 0 Å². The first-order valence-electron chi connectivity index (χ1n) is 6.23. The van der Waals surface area contributed by atoms with Gasteiger partial charge in [0, 0.05) is 49.6 Å². The number of hydrogen-bond acceptors (Lipinski definition) is 14. The molecule has 0 atom stereocenters. The van der Waals surface area contributed by atoms with E-state index < -0.39 is 72.7 Å². The zero-order chi connectivity index (χ0) is 21.3. The Bertz CT molecular complexity index is 530. The molecule has 18 N–H and O–H groups in total. The molecular weight excluding hydrogens is 490 g/mol. The van der Waals surface area contributed by atoms with Gasteiger partial charge in [-0.25, -0.2) is 0 Å². The van der Waals surface area contributed by atoms with Gasteiger partial charge in [-0.2, -0.15) is 0 Å². The van der Waals surface area contributed by atoms with Crippen LogP contribution in [0.5, 0.6) is 0 Å². The van der Waals surface area contributed by atoms with Gasteiger partial charge in [-0.05, 0) is 0 Å². The van der Waals surface area contributed by atoms with Gasteiger partial charge in [-0.15, -0.1) is 0 Å². The first kappa shape index (κ1) is 46.4. The summed E-state index contributed by atoms with van der Waals surface area (Å²) < 4.78 is 0. The summed E-state index contributed by atoms with van der Waals surface area (Å²) in [7, 11) is 0. The summed E-state index contributed by atoms with van der Waals surface area (Å²) in [6.07, 6.45) is -5.43. The summed E-state index contributed by atoms with van der Waals surface area (Å²) in [5.41, 5.74) is -5.95. The monoisotopic (exact) mass is 514 g/mol. The topological polar surface area (TPSA) is 427 Å². The average molecular weight is 516 g/mol. The van der Waals surface area contributed by atoms with Gasteiger partial charge in [0.1, 0.15) is 11.2 Å². The van der Waals surface area contributed by atoms with Gasteiger partial charge in [0.15, 0.2) is 0 Å². The second-order valence-corrected chi connectivity index (χ2v) is 4.83. The van der Waals surface area contributed by atoms with Crippen molar-refractivity contribution in [3.63, 3.8) is 0 Å². The molecule has 0 spiro atoms. The predicted molar refractivity (Wildman–Crippen MR) is 82.3 cm³/mol. The molecule has 0 bridgehead atoms. The van der Waals surface area contributed by atoms with Crippen molar-refractivity contribution in [2.45, 2.75) is 36.9 Å². The van der Waals surface area contributed by atoms with E-state index >= 15 is 0 Å². The third-order valence-corrected chi connectivity index (χ3v) is 2.51. The minimum Gasteiger partial charge on any atom is -0.550 e. The molecule has 0 saturated heterocycles.